The van der Waals surface area contributed by atoms with Gasteiger partial charge in [0.05, 0.1) is 5.60 Å². The van der Waals surface area contributed by atoms with Crippen molar-refractivity contribution < 1.29 is 5.11 Å². The smallest absolute Gasteiger partial charge is 0.0617 e. The summed E-state index contributed by atoms with van der Waals surface area (Å²) in [6.07, 6.45) is 12.3. The van der Waals surface area contributed by atoms with Crippen molar-refractivity contribution in [2.24, 2.45) is 23.2 Å². The molecule has 17 heavy (non-hydrogen) atoms. The molecule has 0 saturated heterocycles. The first-order valence-electron chi connectivity index (χ1n) is 7.73. The molecule has 0 aromatic carbocycles. The van der Waals surface area contributed by atoms with Gasteiger partial charge in [0.1, 0.15) is 0 Å². The summed E-state index contributed by atoms with van der Waals surface area (Å²) < 4.78 is 0. The predicted octanol–water partition coefficient (Wildman–Crippen LogP) is 4.14. The first-order chi connectivity index (χ1) is 8.00. The zero-order chi connectivity index (χ0) is 12.1. The van der Waals surface area contributed by atoms with Gasteiger partial charge in [0.25, 0.3) is 0 Å². The van der Waals surface area contributed by atoms with Gasteiger partial charge in [-0.25, -0.2) is 0 Å². The van der Waals surface area contributed by atoms with Crippen LogP contribution >= 0.6 is 0 Å². The SMILES string of the molecule is CCC(C)(O)CCC12CC3CC(CC(C3)C1)C2. The Morgan fingerprint density at radius 2 is 1.53 bits per heavy atom. The van der Waals surface area contributed by atoms with Crippen LogP contribution < -0.4 is 0 Å². The van der Waals surface area contributed by atoms with E-state index in [1.54, 1.807) is 0 Å². The van der Waals surface area contributed by atoms with E-state index in [0.29, 0.717) is 5.41 Å². The monoisotopic (exact) mass is 236 g/mol. The molecular weight excluding hydrogens is 208 g/mol. The number of hydrogen-bond donors (Lipinski definition) is 1. The minimum Gasteiger partial charge on any atom is -0.390 e. The van der Waals surface area contributed by atoms with Gasteiger partial charge in [-0.2, -0.15) is 0 Å². The third kappa shape index (κ3) is 2.28. The highest BCUT2D eigenvalue weighted by Gasteiger charge is 2.50. The predicted molar refractivity (Wildman–Crippen MR) is 70.8 cm³/mol. The second-order valence-corrected chi connectivity index (χ2v) is 7.77. The lowest BCUT2D eigenvalue weighted by atomic mass is 9.48. The zero-order valence-electron chi connectivity index (χ0n) is 11.5. The van der Waals surface area contributed by atoms with Crippen LogP contribution in [0, 0.1) is 23.2 Å². The van der Waals surface area contributed by atoms with Crippen molar-refractivity contribution >= 4 is 0 Å². The molecular formula is C16H28O. The van der Waals surface area contributed by atoms with Crippen LogP contribution in [0.1, 0.15) is 71.6 Å². The summed E-state index contributed by atoms with van der Waals surface area (Å²) >= 11 is 0. The fourth-order valence-electron chi connectivity index (χ4n) is 5.31. The highest BCUT2D eigenvalue weighted by molar-refractivity contribution is 5.01. The van der Waals surface area contributed by atoms with Crippen molar-refractivity contribution in [3.8, 4) is 0 Å². The Hall–Kier alpha value is -0.0400. The summed E-state index contributed by atoms with van der Waals surface area (Å²) in [7, 11) is 0. The number of aliphatic hydroxyl groups is 1. The topological polar surface area (TPSA) is 20.2 Å². The average molecular weight is 236 g/mol. The zero-order valence-corrected chi connectivity index (χ0v) is 11.5. The van der Waals surface area contributed by atoms with E-state index in [2.05, 4.69) is 6.92 Å². The van der Waals surface area contributed by atoms with Gasteiger partial charge in [-0.15, -0.1) is 0 Å². The summed E-state index contributed by atoms with van der Waals surface area (Å²) in [5.74, 6) is 3.15. The molecule has 98 valence electrons. The van der Waals surface area contributed by atoms with Crippen molar-refractivity contribution in [2.45, 2.75) is 77.2 Å². The van der Waals surface area contributed by atoms with Crippen LogP contribution in [0.5, 0.6) is 0 Å². The van der Waals surface area contributed by atoms with Crippen molar-refractivity contribution in [2.75, 3.05) is 0 Å². The molecule has 0 heterocycles. The molecule has 4 rings (SSSR count). The van der Waals surface area contributed by atoms with E-state index in [4.69, 9.17) is 0 Å². The average Bonchev–Trinajstić information content (AvgIpc) is 2.25. The Morgan fingerprint density at radius 3 is 1.94 bits per heavy atom. The van der Waals surface area contributed by atoms with Crippen LogP contribution in [-0.4, -0.2) is 10.7 Å². The van der Waals surface area contributed by atoms with Crippen LogP contribution in [0.3, 0.4) is 0 Å². The number of rotatable bonds is 4. The standard InChI is InChI=1S/C16H28O/c1-3-15(2,17)4-5-16-9-12-6-13(10-16)8-14(7-12)11-16/h12-14,17H,3-11H2,1-2H3. The van der Waals surface area contributed by atoms with Gasteiger partial charge in [-0.3, -0.25) is 0 Å². The van der Waals surface area contributed by atoms with E-state index >= 15 is 0 Å². The Morgan fingerprint density at radius 1 is 1.06 bits per heavy atom. The lowest BCUT2D eigenvalue weighted by Gasteiger charge is -2.57. The third-order valence-electron chi connectivity index (χ3n) is 6.12. The molecule has 0 aliphatic heterocycles. The molecule has 1 N–H and O–H groups in total. The van der Waals surface area contributed by atoms with E-state index in [9.17, 15) is 5.11 Å². The largest absolute Gasteiger partial charge is 0.390 e. The molecule has 0 spiro atoms. The summed E-state index contributed by atoms with van der Waals surface area (Å²) in [5, 5.41) is 10.2. The van der Waals surface area contributed by atoms with Crippen molar-refractivity contribution in [1.82, 2.24) is 0 Å². The lowest BCUT2D eigenvalue weighted by Crippen LogP contribution is -2.46. The van der Waals surface area contributed by atoms with Gasteiger partial charge in [0.15, 0.2) is 0 Å². The van der Waals surface area contributed by atoms with Gasteiger partial charge in [0, 0.05) is 0 Å². The minimum absolute atomic E-state index is 0.413. The molecule has 0 aromatic heterocycles. The van der Waals surface area contributed by atoms with Crippen molar-refractivity contribution in [1.29, 1.82) is 0 Å². The molecule has 4 aliphatic rings. The van der Waals surface area contributed by atoms with Crippen LogP contribution in [0.15, 0.2) is 0 Å². The van der Waals surface area contributed by atoms with Crippen LogP contribution in [0.2, 0.25) is 0 Å². The normalized spacial score (nSPS) is 47.1. The Bertz CT molecular complexity index is 257. The molecule has 1 heteroatoms. The van der Waals surface area contributed by atoms with E-state index in [-0.39, 0.29) is 0 Å². The second-order valence-electron chi connectivity index (χ2n) is 7.77. The third-order valence-corrected chi connectivity index (χ3v) is 6.12. The fourth-order valence-corrected chi connectivity index (χ4v) is 5.31. The lowest BCUT2D eigenvalue weighted by molar-refractivity contribution is -0.0710. The van der Waals surface area contributed by atoms with Crippen LogP contribution in [0.25, 0.3) is 0 Å². The van der Waals surface area contributed by atoms with Gasteiger partial charge in [0.2, 0.25) is 0 Å². The first-order valence-corrected chi connectivity index (χ1v) is 7.73. The van der Waals surface area contributed by atoms with E-state index in [1.165, 1.54) is 44.9 Å². The second kappa shape index (κ2) is 3.98. The van der Waals surface area contributed by atoms with Crippen LogP contribution in [-0.2, 0) is 0 Å². The molecule has 4 fully saturated rings. The molecule has 0 radical (unpaired) electrons. The highest BCUT2D eigenvalue weighted by Crippen LogP contribution is 2.61. The Kier molecular flexibility index (Phi) is 2.81. The molecule has 1 atom stereocenters. The van der Waals surface area contributed by atoms with Crippen molar-refractivity contribution in [3.05, 3.63) is 0 Å². The summed E-state index contributed by atoms with van der Waals surface area (Å²) in [5.41, 5.74) is 0.233. The maximum atomic E-state index is 10.2. The minimum atomic E-state index is -0.413. The van der Waals surface area contributed by atoms with Crippen LogP contribution in [0.4, 0.5) is 0 Å². The van der Waals surface area contributed by atoms with Gasteiger partial charge < -0.3 is 5.11 Å². The summed E-state index contributed by atoms with van der Waals surface area (Å²) in [4.78, 5) is 0. The maximum absolute atomic E-state index is 10.2. The van der Waals surface area contributed by atoms with E-state index in [1.807, 2.05) is 6.92 Å². The molecule has 4 aliphatic carbocycles. The summed E-state index contributed by atoms with van der Waals surface area (Å²) in [6.45, 7) is 4.13. The molecule has 1 unspecified atom stereocenters. The molecule has 0 amide bonds. The Balaban J connectivity index is 1.66. The van der Waals surface area contributed by atoms with E-state index in [0.717, 1.165) is 30.6 Å². The van der Waals surface area contributed by atoms with Gasteiger partial charge in [-0.05, 0) is 87.9 Å². The fraction of sp³-hybridized carbons (Fsp3) is 1.00. The van der Waals surface area contributed by atoms with E-state index < -0.39 is 5.60 Å². The molecule has 4 saturated carbocycles. The van der Waals surface area contributed by atoms with Gasteiger partial charge >= 0.3 is 0 Å². The quantitative estimate of drug-likeness (QED) is 0.777. The van der Waals surface area contributed by atoms with Crippen molar-refractivity contribution in [3.63, 3.8) is 0 Å². The molecule has 0 aromatic rings. The highest BCUT2D eigenvalue weighted by atomic mass is 16.3. The van der Waals surface area contributed by atoms with Gasteiger partial charge in [-0.1, -0.05) is 6.92 Å². The Labute approximate surface area is 106 Å². The molecule has 1 nitrogen and oxygen atoms in total. The summed E-state index contributed by atoms with van der Waals surface area (Å²) in [6, 6.07) is 0. The molecule has 4 bridgehead atoms. The first kappa shape index (κ1) is 12.0. The maximum Gasteiger partial charge on any atom is 0.0617 e. The number of hydrogen-bond acceptors (Lipinski definition) is 1.